The predicted molar refractivity (Wildman–Crippen MR) is 79.6 cm³/mol. The van der Waals surface area contributed by atoms with E-state index in [0.29, 0.717) is 11.6 Å². The first-order chi connectivity index (χ1) is 10.3. The monoisotopic (exact) mass is 300 g/mol. The van der Waals surface area contributed by atoms with Gasteiger partial charge in [0.1, 0.15) is 0 Å². The van der Waals surface area contributed by atoms with Crippen LogP contribution < -0.4 is 5.32 Å². The van der Waals surface area contributed by atoms with Crippen LogP contribution in [0.4, 0.5) is 0 Å². The van der Waals surface area contributed by atoms with Crippen molar-refractivity contribution in [3.8, 4) is 6.07 Å². The van der Waals surface area contributed by atoms with Crippen LogP contribution in [-0.2, 0) is 12.3 Å². The summed E-state index contributed by atoms with van der Waals surface area (Å²) < 4.78 is 1.83. The zero-order valence-corrected chi connectivity index (χ0v) is 12.4. The maximum atomic E-state index is 8.91. The summed E-state index contributed by atoms with van der Waals surface area (Å²) in [7, 11) is 0. The molecule has 0 bridgehead atoms. The molecule has 0 radical (unpaired) electrons. The molecular weight excluding hydrogens is 284 g/mol. The van der Waals surface area contributed by atoms with E-state index < -0.39 is 0 Å². The van der Waals surface area contributed by atoms with Crippen molar-refractivity contribution >= 4 is 11.8 Å². The van der Waals surface area contributed by atoms with Crippen LogP contribution in [-0.4, -0.2) is 32.8 Å². The molecule has 0 spiro atoms. The molecule has 1 aromatic heterocycles. The lowest BCUT2D eigenvalue weighted by Crippen LogP contribution is -2.22. The first-order valence-electron chi connectivity index (χ1n) is 6.96. The first kappa shape index (κ1) is 14.0. The number of rotatable bonds is 7. The summed E-state index contributed by atoms with van der Waals surface area (Å²) in [6.45, 7) is 1.68. The Bertz CT molecular complexity index is 643. The number of nitrogens with zero attached hydrogens (tertiary/aromatic N) is 5. The predicted octanol–water partition coefficient (Wildman–Crippen LogP) is 1.59. The third kappa shape index (κ3) is 4.03. The summed E-state index contributed by atoms with van der Waals surface area (Å²) in [6, 6.07) is 10.5. The van der Waals surface area contributed by atoms with Gasteiger partial charge in [0.2, 0.25) is 5.16 Å². The number of tetrazole rings is 1. The van der Waals surface area contributed by atoms with Gasteiger partial charge in [0.25, 0.3) is 0 Å². The lowest BCUT2D eigenvalue weighted by molar-refractivity contribution is 0.509. The number of nitrogens with one attached hydrogen (secondary N) is 1. The summed E-state index contributed by atoms with van der Waals surface area (Å²) in [5, 5.41) is 25.0. The standard InChI is InChI=1S/C14H16N6S/c15-9-11-2-1-3-12(8-11)10-21-14-17-18-19-20(14)7-6-16-13-4-5-13/h1-3,8,13,16H,4-7,10H2. The van der Waals surface area contributed by atoms with Crippen LogP contribution in [0.2, 0.25) is 0 Å². The Morgan fingerprint density at radius 1 is 1.43 bits per heavy atom. The Labute approximate surface area is 127 Å². The minimum atomic E-state index is 0.682. The van der Waals surface area contributed by atoms with Crippen LogP contribution in [0.3, 0.4) is 0 Å². The third-order valence-electron chi connectivity index (χ3n) is 3.26. The molecule has 1 heterocycles. The maximum absolute atomic E-state index is 8.91. The summed E-state index contributed by atoms with van der Waals surface area (Å²) in [6.07, 6.45) is 2.57. The Hall–Kier alpha value is -1.91. The highest BCUT2D eigenvalue weighted by molar-refractivity contribution is 7.98. The minimum absolute atomic E-state index is 0.682. The maximum Gasteiger partial charge on any atom is 0.209 e. The molecule has 7 heteroatoms. The minimum Gasteiger partial charge on any atom is -0.312 e. The summed E-state index contributed by atoms with van der Waals surface area (Å²) in [4.78, 5) is 0. The molecular formula is C14H16N6S. The fraction of sp³-hybridized carbons (Fsp3) is 0.429. The molecule has 0 atom stereocenters. The average Bonchev–Trinajstić information content (AvgIpc) is 3.23. The number of hydrogen-bond acceptors (Lipinski definition) is 6. The lowest BCUT2D eigenvalue weighted by Gasteiger charge is -2.05. The van der Waals surface area contributed by atoms with Gasteiger partial charge in [-0.25, -0.2) is 4.68 Å². The van der Waals surface area contributed by atoms with Gasteiger partial charge in [-0.2, -0.15) is 5.26 Å². The van der Waals surface area contributed by atoms with E-state index in [9.17, 15) is 0 Å². The van der Waals surface area contributed by atoms with Gasteiger partial charge in [0.05, 0.1) is 18.2 Å². The quantitative estimate of drug-likeness (QED) is 0.782. The largest absolute Gasteiger partial charge is 0.312 e. The van der Waals surface area contributed by atoms with Gasteiger partial charge in [-0.15, -0.1) is 5.10 Å². The summed E-state index contributed by atoms with van der Waals surface area (Å²) in [5.74, 6) is 0.756. The number of nitriles is 1. The highest BCUT2D eigenvalue weighted by Gasteiger charge is 2.20. The van der Waals surface area contributed by atoms with Gasteiger partial charge in [-0.05, 0) is 41.0 Å². The van der Waals surface area contributed by atoms with Gasteiger partial charge in [-0.3, -0.25) is 0 Å². The van der Waals surface area contributed by atoms with Gasteiger partial charge in [-0.1, -0.05) is 23.9 Å². The second-order valence-electron chi connectivity index (χ2n) is 5.01. The molecule has 1 aliphatic rings. The summed E-state index contributed by atoms with van der Waals surface area (Å²) in [5.41, 5.74) is 1.78. The van der Waals surface area contributed by atoms with E-state index in [2.05, 4.69) is 26.9 Å². The van der Waals surface area contributed by atoms with Crippen LogP contribution in [0.5, 0.6) is 0 Å². The van der Waals surface area contributed by atoms with E-state index in [1.54, 1.807) is 11.8 Å². The molecule has 1 aromatic carbocycles. The van der Waals surface area contributed by atoms with E-state index in [0.717, 1.165) is 29.6 Å². The lowest BCUT2D eigenvalue weighted by atomic mass is 10.2. The molecule has 1 saturated carbocycles. The average molecular weight is 300 g/mol. The van der Waals surface area contributed by atoms with Crippen LogP contribution in [0, 0.1) is 11.3 Å². The number of aromatic nitrogens is 4. The van der Waals surface area contributed by atoms with Crippen molar-refractivity contribution in [1.82, 2.24) is 25.5 Å². The Kier molecular flexibility index (Phi) is 4.48. The van der Waals surface area contributed by atoms with E-state index in [-0.39, 0.29) is 0 Å². The fourth-order valence-electron chi connectivity index (χ4n) is 1.98. The van der Waals surface area contributed by atoms with Crippen molar-refractivity contribution in [1.29, 1.82) is 5.26 Å². The van der Waals surface area contributed by atoms with Crippen molar-refractivity contribution < 1.29 is 0 Å². The molecule has 2 aromatic rings. The number of thioether (sulfide) groups is 1. The molecule has 21 heavy (non-hydrogen) atoms. The third-order valence-corrected chi connectivity index (χ3v) is 4.29. The molecule has 1 aliphatic carbocycles. The van der Waals surface area contributed by atoms with Crippen LogP contribution >= 0.6 is 11.8 Å². The Morgan fingerprint density at radius 2 is 2.33 bits per heavy atom. The topological polar surface area (TPSA) is 79.4 Å². The van der Waals surface area contributed by atoms with E-state index >= 15 is 0 Å². The van der Waals surface area contributed by atoms with E-state index in [1.165, 1.54) is 12.8 Å². The second-order valence-corrected chi connectivity index (χ2v) is 5.96. The second kappa shape index (κ2) is 6.70. The van der Waals surface area contributed by atoms with Crippen molar-refractivity contribution in [2.45, 2.75) is 36.3 Å². The Morgan fingerprint density at radius 3 is 3.14 bits per heavy atom. The van der Waals surface area contributed by atoms with Gasteiger partial charge >= 0.3 is 0 Å². The van der Waals surface area contributed by atoms with Crippen molar-refractivity contribution in [2.75, 3.05) is 6.54 Å². The summed E-state index contributed by atoms with van der Waals surface area (Å²) >= 11 is 1.59. The van der Waals surface area contributed by atoms with E-state index in [4.69, 9.17) is 5.26 Å². The molecule has 0 saturated heterocycles. The van der Waals surface area contributed by atoms with Crippen molar-refractivity contribution in [3.63, 3.8) is 0 Å². The molecule has 1 fully saturated rings. The van der Waals surface area contributed by atoms with Gasteiger partial charge in [0, 0.05) is 18.3 Å². The van der Waals surface area contributed by atoms with Crippen molar-refractivity contribution in [3.05, 3.63) is 35.4 Å². The zero-order valence-electron chi connectivity index (χ0n) is 11.6. The molecule has 0 unspecified atom stereocenters. The number of hydrogen-bond donors (Lipinski definition) is 1. The van der Waals surface area contributed by atoms with Gasteiger partial charge in [0.15, 0.2) is 0 Å². The molecule has 0 aliphatic heterocycles. The fourth-order valence-corrected chi connectivity index (χ4v) is 2.83. The highest BCUT2D eigenvalue weighted by atomic mass is 32.2. The van der Waals surface area contributed by atoms with Crippen LogP contribution in [0.15, 0.2) is 29.4 Å². The first-order valence-corrected chi connectivity index (χ1v) is 7.95. The highest BCUT2D eigenvalue weighted by Crippen LogP contribution is 2.21. The van der Waals surface area contributed by atoms with Gasteiger partial charge < -0.3 is 5.32 Å². The molecule has 0 amide bonds. The SMILES string of the molecule is N#Cc1cccc(CSc2nnnn2CCNC2CC2)c1. The molecule has 6 nitrogen and oxygen atoms in total. The van der Waals surface area contributed by atoms with Crippen molar-refractivity contribution in [2.24, 2.45) is 0 Å². The normalized spacial score (nSPS) is 14.0. The smallest absolute Gasteiger partial charge is 0.209 e. The molecule has 1 N–H and O–H groups in total. The van der Waals surface area contributed by atoms with Crippen LogP contribution in [0.1, 0.15) is 24.0 Å². The van der Waals surface area contributed by atoms with E-state index in [1.807, 2.05) is 28.9 Å². The zero-order chi connectivity index (χ0) is 14.5. The molecule has 108 valence electrons. The number of benzene rings is 1. The molecule has 3 rings (SSSR count). The Balaban J connectivity index is 1.54. The van der Waals surface area contributed by atoms with Crippen LogP contribution in [0.25, 0.3) is 0 Å².